The molecule has 3 nitrogen and oxygen atoms in total. The maximum atomic E-state index is 10.8. The first-order chi connectivity index (χ1) is 5.82. The molecule has 1 unspecified atom stereocenters. The second kappa shape index (κ2) is 3.48. The Kier molecular flexibility index (Phi) is 2.89. The van der Waals surface area contributed by atoms with Gasteiger partial charge in [-0.3, -0.25) is 4.55 Å². The Labute approximate surface area is 83.7 Å². The molecule has 0 aromatic carbocycles. The summed E-state index contributed by atoms with van der Waals surface area (Å²) in [5.74, 6) is 0.0604. The highest BCUT2D eigenvalue weighted by atomic mass is 32.2. The van der Waals surface area contributed by atoms with Gasteiger partial charge in [-0.1, -0.05) is 6.92 Å². The first-order valence-electron chi connectivity index (χ1n) is 3.90. The van der Waals surface area contributed by atoms with Crippen LogP contribution in [0.2, 0.25) is 0 Å². The van der Waals surface area contributed by atoms with Crippen LogP contribution in [0.25, 0.3) is 0 Å². The van der Waals surface area contributed by atoms with E-state index >= 15 is 0 Å². The SMILES string of the molecule is CC1=C(S)C(C)CC(S(=O)(=O)O)=C1. The first-order valence-corrected chi connectivity index (χ1v) is 5.79. The zero-order valence-electron chi connectivity index (χ0n) is 7.48. The van der Waals surface area contributed by atoms with E-state index < -0.39 is 10.1 Å². The van der Waals surface area contributed by atoms with Crippen LogP contribution in [-0.4, -0.2) is 13.0 Å². The van der Waals surface area contributed by atoms with Crippen molar-refractivity contribution in [1.82, 2.24) is 0 Å². The molecule has 5 heteroatoms. The van der Waals surface area contributed by atoms with Crippen LogP contribution < -0.4 is 0 Å². The lowest BCUT2D eigenvalue weighted by atomic mass is 9.98. The highest BCUT2D eigenvalue weighted by Gasteiger charge is 2.23. The van der Waals surface area contributed by atoms with E-state index in [0.717, 1.165) is 10.5 Å². The molecule has 0 saturated heterocycles. The average molecular weight is 220 g/mol. The molecule has 0 aromatic rings. The Morgan fingerprint density at radius 3 is 2.54 bits per heavy atom. The molecule has 0 fully saturated rings. The van der Waals surface area contributed by atoms with Crippen LogP contribution in [0.5, 0.6) is 0 Å². The lowest BCUT2D eigenvalue weighted by molar-refractivity contribution is 0.486. The van der Waals surface area contributed by atoms with Crippen molar-refractivity contribution >= 4 is 22.7 Å². The van der Waals surface area contributed by atoms with Crippen molar-refractivity contribution in [3.8, 4) is 0 Å². The lowest BCUT2D eigenvalue weighted by Crippen LogP contribution is -2.11. The largest absolute Gasteiger partial charge is 0.290 e. The van der Waals surface area contributed by atoms with Gasteiger partial charge in [-0.25, -0.2) is 0 Å². The molecule has 0 spiro atoms. The minimum absolute atomic E-state index is 0.0604. The lowest BCUT2D eigenvalue weighted by Gasteiger charge is -2.19. The minimum atomic E-state index is -4.02. The molecular weight excluding hydrogens is 208 g/mol. The van der Waals surface area contributed by atoms with Crippen molar-refractivity contribution in [3.05, 3.63) is 21.5 Å². The molecule has 0 aromatic heterocycles. The highest BCUT2D eigenvalue weighted by molar-refractivity contribution is 7.89. The Morgan fingerprint density at radius 1 is 1.62 bits per heavy atom. The second-order valence-electron chi connectivity index (χ2n) is 3.26. The van der Waals surface area contributed by atoms with Crippen LogP contribution in [0.4, 0.5) is 0 Å². The smallest absolute Gasteiger partial charge is 0.282 e. The fourth-order valence-corrected chi connectivity index (χ4v) is 2.28. The fraction of sp³-hybridized carbons (Fsp3) is 0.500. The van der Waals surface area contributed by atoms with Gasteiger partial charge in [0.15, 0.2) is 0 Å². The van der Waals surface area contributed by atoms with E-state index in [1.807, 2.05) is 6.92 Å². The summed E-state index contributed by atoms with van der Waals surface area (Å²) in [6.45, 7) is 3.66. The van der Waals surface area contributed by atoms with Gasteiger partial charge in [-0.2, -0.15) is 8.42 Å². The predicted molar refractivity (Wildman–Crippen MR) is 55.1 cm³/mol. The van der Waals surface area contributed by atoms with Crippen LogP contribution in [-0.2, 0) is 10.1 Å². The van der Waals surface area contributed by atoms with Gasteiger partial charge >= 0.3 is 0 Å². The van der Waals surface area contributed by atoms with Crippen LogP contribution in [0, 0.1) is 5.92 Å². The number of hydrogen-bond donors (Lipinski definition) is 2. The molecule has 1 atom stereocenters. The van der Waals surface area contributed by atoms with E-state index in [1.54, 1.807) is 6.92 Å². The Morgan fingerprint density at radius 2 is 2.15 bits per heavy atom. The molecule has 1 rings (SSSR count). The summed E-state index contributed by atoms with van der Waals surface area (Å²) in [4.78, 5) is 0.961. The van der Waals surface area contributed by atoms with Gasteiger partial charge < -0.3 is 0 Å². The monoisotopic (exact) mass is 220 g/mol. The Hall–Kier alpha value is -0.260. The molecule has 0 saturated carbocycles. The first kappa shape index (κ1) is 10.8. The number of allylic oxidation sites excluding steroid dienone is 4. The second-order valence-corrected chi connectivity index (χ2v) is 5.22. The molecule has 13 heavy (non-hydrogen) atoms. The van der Waals surface area contributed by atoms with Crippen molar-refractivity contribution in [2.75, 3.05) is 0 Å². The Balaban J connectivity index is 3.15. The van der Waals surface area contributed by atoms with E-state index in [9.17, 15) is 8.42 Å². The molecule has 0 aliphatic heterocycles. The third-order valence-electron chi connectivity index (χ3n) is 2.09. The normalized spacial score (nSPS) is 24.6. The van der Waals surface area contributed by atoms with E-state index in [0.29, 0.717) is 6.42 Å². The van der Waals surface area contributed by atoms with Crippen molar-refractivity contribution < 1.29 is 13.0 Å². The van der Waals surface area contributed by atoms with Crippen molar-refractivity contribution in [3.63, 3.8) is 0 Å². The van der Waals surface area contributed by atoms with E-state index in [-0.39, 0.29) is 10.8 Å². The van der Waals surface area contributed by atoms with Crippen molar-refractivity contribution in [2.45, 2.75) is 20.3 Å². The number of rotatable bonds is 1. The van der Waals surface area contributed by atoms with Crippen LogP contribution in [0.1, 0.15) is 20.3 Å². The number of thiol groups is 1. The van der Waals surface area contributed by atoms with Gasteiger partial charge in [0.2, 0.25) is 0 Å². The summed E-state index contributed by atoms with van der Waals surface area (Å²) in [6, 6.07) is 0. The molecule has 1 N–H and O–H groups in total. The predicted octanol–water partition coefficient (Wildman–Crippen LogP) is 2.00. The quantitative estimate of drug-likeness (QED) is 0.525. The van der Waals surface area contributed by atoms with Crippen molar-refractivity contribution in [1.29, 1.82) is 0 Å². The zero-order valence-corrected chi connectivity index (χ0v) is 9.19. The molecule has 0 heterocycles. The Bertz CT molecular complexity index is 376. The standard InChI is InChI=1S/C8H12O3S2/c1-5-3-7(13(9,10)11)4-6(2)8(5)12/h3,6,12H,4H2,1-2H3,(H,9,10,11). The van der Waals surface area contributed by atoms with Gasteiger partial charge in [-0.05, 0) is 35.8 Å². The molecule has 0 bridgehead atoms. The van der Waals surface area contributed by atoms with Gasteiger partial charge in [0.05, 0.1) is 4.91 Å². The van der Waals surface area contributed by atoms with Crippen molar-refractivity contribution in [2.24, 2.45) is 5.92 Å². The van der Waals surface area contributed by atoms with E-state index in [4.69, 9.17) is 4.55 Å². The molecule has 1 aliphatic carbocycles. The summed E-state index contributed by atoms with van der Waals surface area (Å²) in [6.07, 6.45) is 1.80. The third-order valence-corrected chi connectivity index (χ3v) is 3.83. The molecule has 0 radical (unpaired) electrons. The van der Waals surface area contributed by atoms with Crippen LogP contribution >= 0.6 is 12.6 Å². The number of hydrogen-bond acceptors (Lipinski definition) is 3. The van der Waals surface area contributed by atoms with Gasteiger partial charge in [0.1, 0.15) is 0 Å². The molecule has 1 aliphatic rings. The van der Waals surface area contributed by atoms with Crippen LogP contribution in [0.15, 0.2) is 21.5 Å². The minimum Gasteiger partial charge on any atom is -0.282 e. The fourth-order valence-electron chi connectivity index (χ4n) is 1.34. The molecule has 74 valence electrons. The third kappa shape index (κ3) is 2.36. The van der Waals surface area contributed by atoms with Gasteiger partial charge in [0, 0.05) is 0 Å². The maximum absolute atomic E-state index is 10.8. The van der Waals surface area contributed by atoms with Gasteiger partial charge in [0.25, 0.3) is 10.1 Å². The molecule has 0 amide bonds. The summed E-state index contributed by atoms with van der Waals surface area (Å²) in [5.41, 5.74) is 0.801. The van der Waals surface area contributed by atoms with E-state index in [2.05, 4.69) is 12.6 Å². The van der Waals surface area contributed by atoms with Gasteiger partial charge in [-0.15, -0.1) is 12.6 Å². The summed E-state index contributed by atoms with van der Waals surface area (Å²) >= 11 is 4.25. The topological polar surface area (TPSA) is 54.4 Å². The summed E-state index contributed by atoms with van der Waals surface area (Å²) in [5, 5.41) is 0. The zero-order chi connectivity index (χ0) is 10.2. The average Bonchev–Trinajstić information content (AvgIpc) is 1.97. The molecular formula is C8H12O3S2. The summed E-state index contributed by atoms with van der Waals surface area (Å²) < 4.78 is 30.5. The van der Waals surface area contributed by atoms with Crippen LogP contribution in [0.3, 0.4) is 0 Å². The maximum Gasteiger partial charge on any atom is 0.290 e. The van der Waals surface area contributed by atoms with E-state index in [1.165, 1.54) is 6.08 Å². The highest BCUT2D eigenvalue weighted by Crippen LogP contribution is 2.33. The summed E-state index contributed by atoms with van der Waals surface area (Å²) in [7, 11) is -4.02.